The van der Waals surface area contributed by atoms with Gasteiger partial charge < -0.3 is 9.84 Å². The van der Waals surface area contributed by atoms with E-state index in [1.807, 2.05) is 0 Å². The van der Waals surface area contributed by atoms with Gasteiger partial charge in [0.2, 0.25) is 0 Å². The van der Waals surface area contributed by atoms with E-state index < -0.39 is 11.9 Å². The van der Waals surface area contributed by atoms with Gasteiger partial charge in [-0.05, 0) is 38.5 Å². The number of carbonyl (C=O) groups is 2. The Morgan fingerprint density at radius 2 is 1.56 bits per heavy atom. The largest absolute Gasteiger partial charge is 0.481 e. The van der Waals surface area contributed by atoms with Crippen LogP contribution >= 0.6 is 0 Å². The fourth-order valence-electron chi connectivity index (χ4n) is 2.51. The molecule has 0 amide bonds. The Balaban J connectivity index is 1.81. The molecule has 2 atom stereocenters. The lowest BCUT2D eigenvalue weighted by Crippen LogP contribution is -2.40. The molecule has 2 aliphatic carbocycles. The van der Waals surface area contributed by atoms with Crippen LogP contribution in [0, 0.1) is 11.8 Å². The SMILES string of the molecule is O=C(O)C1CCC1C(=O)OC1CCCCC1. The zero-order valence-corrected chi connectivity index (χ0v) is 9.35. The van der Waals surface area contributed by atoms with Crippen molar-refractivity contribution in [1.82, 2.24) is 0 Å². The molecule has 0 bridgehead atoms. The second kappa shape index (κ2) is 4.85. The maximum absolute atomic E-state index is 11.7. The third-order valence-electron chi connectivity index (χ3n) is 3.73. The molecule has 90 valence electrons. The molecular weight excluding hydrogens is 208 g/mol. The van der Waals surface area contributed by atoms with Gasteiger partial charge >= 0.3 is 11.9 Å². The molecule has 2 fully saturated rings. The molecule has 0 spiro atoms. The molecule has 2 aliphatic rings. The van der Waals surface area contributed by atoms with Crippen LogP contribution in [-0.2, 0) is 14.3 Å². The van der Waals surface area contributed by atoms with Crippen molar-refractivity contribution in [3.63, 3.8) is 0 Å². The van der Waals surface area contributed by atoms with Gasteiger partial charge in [0.15, 0.2) is 0 Å². The Bertz CT molecular complexity index is 281. The topological polar surface area (TPSA) is 63.6 Å². The Morgan fingerprint density at radius 1 is 0.938 bits per heavy atom. The summed E-state index contributed by atoms with van der Waals surface area (Å²) >= 11 is 0. The first-order valence-corrected chi connectivity index (χ1v) is 6.12. The lowest BCUT2D eigenvalue weighted by molar-refractivity contribution is -0.169. The van der Waals surface area contributed by atoms with Crippen molar-refractivity contribution in [3.05, 3.63) is 0 Å². The molecule has 0 saturated heterocycles. The van der Waals surface area contributed by atoms with Gasteiger partial charge in [0.1, 0.15) is 6.10 Å². The molecule has 16 heavy (non-hydrogen) atoms. The zero-order valence-electron chi connectivity index (χ0n) is 9.35. The summed E-state index contributed by atoms with van der Waals surface area (Å²) in [5.74, 6) is -2.04. The van der Waals surface area contributed by atoms with Gasteiger partial charge in [0.25, 0.3) is 0 Å². The molecule has 0 radical (unpaired) electrons. The van der Waals surface area contributed by atoms with E-state index >= 15 is 0 Å². The van der Waals surface area contributed by atoms with Gasteiger partial charge in [0, 0.05) is 0 Å². The maximum atomic E-state index is 11.7. The Kier molecular flexibility index (Phi) is 3.46. The number of carbonyl (C=O) groups excluding carboxylic acids is 1. The first-order chi connectivity index (χ1) is 7.68. The number of ether oxygens (including phenoxy) is 1. The van der Waals surface area contributed by atoms with Crippen LogP contribution in [0.15, 0.2) is 0 Å². The van der Waals surface area contributed by atoms with Crippen molar-refractivity contribution in [3.8, 4) is 0 Å². The van der Waals surface area contributed by atoms with Crippen LogP contribution in [0.2, 0.25) is 0 Å². The molecule has 0 aliphatic heterocycles. The van der Waals surface area contributed by atoms with Crippen LogP contribution < -0.4 is 0 Å². The lowest BCUT2D eigenvalue weighted by atomic mass is 9.73. The highest BCUT2D eigenvalue weighted by atomic mass is 16.5. The fourth-order valence-corrected chi connectivity index (χ4v) is 2.51. The highest BCUT2D eigenvalue weighted by Gasteiger charge is 2.43. The molecule has 0 aromatic rings. The Morgan fingerprint density at radius 3 is 2.06 bits per heavy atom. The number of hydrogen-bond donors (Lipinski definition) is 1. The molecule has 2 rings (SSSR count). The van der Waals surface area contributed by atoms with Gasteiger partial charge in [-0.2, -0.15) is 0 Å². The smallest absolute Gasteiger partial charge is 0.310 e. The summed E-state index contributed by atoms with van der Waals surface area (Å²) in [7, 11) is 0. The number of carboxylic acids is 1. The number of carboxylic acid groups (broad SMARTS) is 1. The van der Waals surface area contributed by atoms with Crippen molar-refractivity contribution < 1.29 is 19.4 Å². The second-order valence-corrected chi connectivity index (χ2v) is 4.83. The predicted molar refractivity (Wildman–Crippen MR) is 56.8 cm³/mol. The van der Waals surface area contributed by atoms with Gasteiger partial charge in [-0.25, -0.2) is 0 Å². The highest BCUT2D eigenvalue weighted by molar-refractivity contribution is 5.82. The molecule has 1 N–H and O–H groups in total. The summed E-state index contributed by atoms with van der Waals surface area (Å²) < 4.78 is 5.37. The Labute approximate surface area is 95.0 Å². The van der Waals surface area contributed by atoms with Crippen LogP contribution in [0.4, 0.5) is 0 Å². The average Bonchev–Trinajstić information content (AvgIpc) is 2.16. The van der Waals surface area contributed by atoms with E-state index in [4.69, 9.17) is 9.84 Å². The maximum Gasteiger partial charge on any atom is 0.310 e. The van der Waals surface area contributed by atoms with E-state index in [1.165, 1.54) is 6.42 Å². The highest BCUT2D eigenvalue weighted by Crippen LogP contribution is 2.36. The van der Waals surface area contributed by atoms with Gasteiger partial charge in [-0.15, -0.1) is 0 Å². The van der Waals surface area contributed by atoms with E-state index in [2.05, 4.69) is 0 Å². The Hall–Kier alpha value is -1.06. The average molecular weight is 226 g/mol. The van der Waals surface area contributed by atoms with Crippen molar-refractivity contribution in [2.24, 2.45) is 11.8 Å². The van der Waals surface area contributed by atoms with Gasteiger partial charge in [-0.1, -0.05) is 6.42 Å². The van der Waals surface area contributed by atoms with Crippen LogP contribution in [0.5, 0.6) is 0 Å². The third-order valence-corrected chi connectivity index (χ3v) is 3.73. The van der Waals surface area contributed by atoms with Crippen LogP contribution in [-0.4, -0.2) is 23.1 Å². The van der Waals surface area contributed by atoms with Gasteiger partial charge in [-0.3, -0.25) is 9.59 Å². The summed E-state index contributed by atoms with van der Waals surface area (Å²) in [6, 6.07) is 0. The molecule has 2 saturated carbocycles. The number of aliphatic carboxylic acids is 1. The zero-order chi connectivity index (χ0) is 11.5. The predicted octanol–water partition coefficient (Wildman–Crippen LogP) is 1.97. The van der Waals surface area contributed by atoms with E-state index in [0.717, 1.165) is 25.7 Å². The van der Waals surface area contributed by atoms with E-state index in [9.17, 15) is 9.59 Å². The number of hydrogen-bond acceptors (Lipinski definition) is 3. The van der Waals surface area contributed by atoms with Gasteiger partial charge in [0.05, 0.1) is 11.8 Å². The summed E-state index contributed by atoms with van der Waals surface area (Å²) in [5.41, 5.74) is 0. The molecular formula is C12H18O4. The molecule has 2 unspecified atom stereocenters. The minimum absolute atomic E-state index is 0.0382. The third kappa shape index (κ3) is 2.36. The van der Waals surface area contributed by atoms with Crippen LogP contribution in [0.1, 0.15) is 44.9 Å². The molecule has 0 aromatic carbocycles. The summed E-state index contributed by atoms with van der Waals surface area (Å²) in [4.78, 5) is 22.5. The second-order valence-electron chi connectivity index (χ2n) is 4.83. The van der Waals surface area contributed by atoms with Crippen LogP contribution in [0.3, 0.4) is 0 Å². The van der Waals surface area contributed by atoms with Crippen LogP contribution in [0.25, 0.3) is 0 Å². The van der Waals surface area contributed by atoms with Crippen molar-refractivity contribution in [2.75, 3.05) is 0 Å². The van der Waals surface area contributed by atoms with E-state index in [1.54, 1.807) is 0 Å². The van der Waals surface area contributed by atoms with E-state index in [-0.39, 0.29) is 18.0 Å². The molecule has 0 aromatic heterocycles. The lowest BCUT2D eigenvalue weighted by Gasteiger charge is -2.33. The quantitative estimate of drug-likeness (QED) is 0.747. The van der Waals surface area contributed by atoms with E-state index in [0.29, 0.717) is 12.8 Å². The molecule has 0 heterocycles. The first-order valence-electron chi connectivity index (χ1n) is 6.12. The van der Waals surface area contributed by atoms with Crippen molar-refractivity contribution >= 4 is 11.9 Å². The molecule has 4 heteroatoms. The van der Waals surface area contributed by atoms with Crippen molar-refractivity contribution in [2.45, 2.75) is 51.0 Å². The minimum atomic E-state index is -0.864. The molecule has 4 nitrogen and oxygen atoms in total. The number of esters is 1. The summed E-state index contributed by atoms with van der Waals surface area (Å²) in [6.45, 7) is 0. The standard InChI is InChI=1S/C12H18O4/c13-11(14)9-6-7-10(9)12(15)16-8-4-2-1-3-5-8/h8-10H,1-7H2,(H,13,14). The normalized spacial score (nSPS) is 30.5. The summed E-state index contributed by atoms with van der Waals surface area (Å²) in [6.07, 6.45) is 6.65. The monoisotopic (exact) mass is 226 g/mol. The summed E-state index contributed by atoms with van der Waals surface area (Å²) in [5, 5.41) is 8.85. The van der Waals surface area contributed by atoms with Crippen molar-refractivity contribution in [1.29, 1.82) is 0 Å². The first kappa shape index (κ1) is 11.4. The fraction of sp³-hybridized carbons (Fsp3) is 0.833. The minimum Gasteiger partial charge on any atom is -0.481 e. The number of rotatable bonds is 3.